The number of hydrogen-bond acceptors (Lipinski definition) is 4. The van der Waals surface area contributed by atoms with Crippen molar-refractivity contribution < 1.29 is 9.90 Å². The third-order valence-corrected chi connectivity index (χ3v) is 2.98. The van der Waals surface area contributed by atoms with E-state index in [-0.39, 0.29) is 11.6 Å². The fourth-order valence-electron chi connectivity index (χ4n) is 1.90. The van der Waals surface area contributed by atoms with Crippen LogP contribution in [0.3, 0.4) is 0 Å². The second-order valence-corrected chi connectivity index (χ2v) is 4.21. The molecule has 7 nitrogen and oxygen atoms in total. The fourth-order valence-corrected chi connectivity index (χ4v) is 1.90. The highest BCUT2D eigenvalue weighted by Gasteiger charge is 2.14. The predicted octanol–water partition coefficient (Wildman–Crippen LogP) is 1.46. The van der Waals surface area contributed by atoms with E-state index in [9.17, 15) is 4.79 Å². The summed E-state index contributed by atoms with van der Waals surface area (Å²) in [4.78, 5) is 22.4. The van der Waals surface area contributed by atoms with Gasteiger partial charge >= 0.3 is 5.97 Å². The Kier molecular flexibility index (Phi) is 2.52. The average Bonchev–Trinajstić information content (AvgIpc) is 3.06. The molecule has 3 rings (SSSR count). The first-order chi connectivity index (χ1) is 9.15. The standard InChI is InChI=1S/C12H11N5O2/c1-7(17-6-13-5-14-17)11-15-9-3-2-8(12(18)19)4-10(9)16-11/h2-7H,1H3,(H,15,16)(H,18,19). The van der Waals surface area contributed by atoms with E-state index >= 15 is 0 Å². The Morgan fingerprint density at radius 2 is 2.32 bits per heavy atom. The summed E-state index contributed by atoms with van der Waals surface area (Å²) in [6.45, 7) is 1.94. The van der Waals surface area contributed by atoms with Crippen molar-refractivity contribution in [1.29, 1.82) is 0 Å². The number of carboxylic acids is 1. The van der Waals surface area contributed by atoms with Gasteiger partial charge in [-0.25, -0.2) is 19.4 Å². The lowest BCUT2D eigenvalue weighted by Crippen LogP contribution is -2.08. The maximum Gasteiger partial charge on any atom is 0.335 e. The topological polar surface area (TPSA) is 96.7 Å². The quantitative estimate of drug-likeness (QED) is 0.740. The molecule has 96 valence electrons. The predicted molar refractivity (Wildman–Crippen MR) is 66.9 cm³/mol. The van der Waals surface area contributed by atoms with Crippen molar-refractivity contribution in [2.24, 2.45) is 0 Å². The van der Waals surface area contributed by atoms with Gasteiger partial charge in [-0.15, -0.1) is 0 Å². The first kappa shape index (κ1) is 11.4. The summed E-state index contributed by atoms with van der Waals surface area (Å²) in [5, 5.41) is 13.0. The number of carbonyl (C=O) groups is 1. The summed E-state index contributed by atoms with van der Waals surface area (Å²) in [5.41, 5.74) is 1.66. The lowest BCUT2D eigenvalue weighted by atomic mass is 10.2. The minimum atomic E-state index is -0.956. The molecule has 0 spiro atoms. The molecule has 19 heavy (non-hydrogen) atoms. The molecule has 0 radical (unpaired) electrons. The molecule has 0 fully saturated rings. The summed E-state index contributed by atoms with van der Waals surface area (Å²) in [5.74, 6) is -0.245. The van der Waals surface area contributed by atoms with Crippen molar-refractivity contribution in [3.05, 3.63) is 42.2 Å². The molecule has 2 heterocycles. The Morgan fingerprint density at radius 1 is 1.47 bits per heavy atom. The smallest absolute Gasteiger partial charge is 0.335 e. The van der Waals surface area contributed by atoms with Gasteiger partial charge in [0.2, 0.25) is 0 Å². The summed E-state index contributed by atoms with van der Waals surface area (Å²) in [7, 11) is 0. The van der Waals surface area contributed by atoms with Crippen LogP contribution in [0, 0.1) is 0 Å². The van der Waals surface area contributed by atoms with Gasteiger partial charge in [0.25, 0.3) is 0 Å². The number of benzene rings is 1. The fraction of sp³-hybridized carbons (Fsp3) is 0.167. The Labute approximate surface area is 107 Å². The average molecular weight is 257 g/mol. The van der Waals surface area contributed by atoms with E-state index in [1.54, 1.807) is 23.1 Å². The zero-order valence-electron chi connectivity index (χ0n) is 10.1. The molecule has 0 amide bonds. The van der Waals surface area contributed by atoms with Crippen LogP contribution in [0.5, 0.6) is 0 Å². The maximum absolute atomic E-state index is 10.9. The first-order valence-corrected chi connectivity index (χ1v) is 5.72. The van der Waals surface area contributed by atoms with Crippen molar-refractivity contribution in [2.45, 2.75) is 13.0 Å². The minimum Gasteiger partial charge on any atom is -0.478 e. The summed E-state index contributed by atoms with van der Waals surface area (Å²) < 4.78 is 1.68. The number of imidazole rings is 1. The van der Waals surface area contributed by atoms with Gasteiger partial charge < -0.3 is 10.1 Å². The number of carboxylic acid groups (broad SMARTS) is 1. The highest BCUT2D eigenvalue weighted by Crippen LogP contribution is 2.19. The monoisotopic (exact) mass is 257 g/mol. The second kappa shape index (κ2) is 4.20. The van der Waals surface area contributed by atoms with Crippen LogP contribution < -0.4 is 0 Å². The number of aromatic amines is 1. The molecule has 0 aliphatic heterocycles. The van der Waals surface area contributed by atoms with Crippen molar-refractivity contribution in [1.82, 2.24) is 24.7 Å². The lowest BCUT2D eigenvalue weighted by molar-refractivity contribution is 0.0697. The van der Waals surface area contributed by atoms with Crippen LogP contribution in [0.15, 0.2) is 30.9 Å². The van der Waals surface area contributed by atoms with Gasteiger partial charge in [0.05, 0.1) is 16.6 Å². The third-order valence-electron chi connectivity index (χ3n) is 2.98. The Bertz CT molecular complexity index is 732. The van der Waals surface area contributed by atoms with Gasteiger partial charge in [-0.1, -0.05) is 0 Å². The van der Waals surface area contributed by atoms with E-state index in [2.05, 4.69) is 20.1 Å². The highest BCUT2D eigenvalue weighted by molar-refractivity contribution is 5.92. The van der Waals surface area contributed by atoms with Gasteiger partial charge in [0, 0.05) is 0 Å². The lowest BCUT2D eigenvalue weighted by Gasteiger charge is -2.06. The van der Waals surface area contributed by atoms with Gasteiger partial charge in [-0.3, -0.25) is 0 Å². The summed E-state index contributed by atoms with van der Waals surface area (Å²) >= 11 is 0. The second-order valence-electron chi connectivity index (χ2n) is 4.21. The molecule has 7 heteroatoms. The number of nitrogens with zero attached hydrogens (tertiary/aromatic N) is 4. The zero-order valence-corrected chi connectivity index (χ0v) is 10.1. The van der Waals surface area contributed by atoms with E-state index < -0.39 is 5.97 Å². The Morgan fingerprint density at radius 3 is 3.00 bits per heavy atom. The molecule has 0 saturated heterocycles. The van der Waals surface area contributed by atoms with E-state index in [0.717, 1.165) is 5.52 Å². The van der Waals surface area contributed by atoms with Crippen LogP contribution in [0.4, 0.5) is 0 Å². The Hall–Kier alpha value is -2.70. The summed E-state index contributed by atoms with van der Waals surface area (Å²) in [6, 6.07) is 4.70. The summed E-state index contributed by atoms with van der Waals surface area (Å²) in [6.07, 6.45) is 3.07. The Balaban J connectivity index is 2.04. The largest absolute Gasteiger partial charge is 0.478 e. The molecule has 2 N–H and O–H groups in total. The molecule has 0 saturated carbocycles. The molecule has 1 aromatic carbocycles. The van der Waals surface area contributed by atoms with Crippen LogP contribution in [0.1, 0.15) is 29.1 Å². The van der Waals surface area contributed by atoms with E-state index in [1.165, 1.54) is 12.4 Å². The van der Waals surface area contributed by atoms with E-state index in [4.69, 9.17) is 5.11 Å². The van der Waals surface area contributed by atoms with Crippen molar-refractivity contribution >= 4 is 17.0 Å². The minimum absolute atomic E-state index is 0.0943. The van der Waals surface area contributed by atoms with Crippen molar-refractivity contribution in [3.63, 3.8) is 0 Å². The van der Waals surface area contributed by atoms with Crippen LogP contribution in [-0.4, -0.2) is 35.8 Å². The zero-order chi connectivity index (χ0) is 13.4. The number of hydrogen-bond donors (Lipinski definition) is 2. The van der Waals surface area contributed by atoms with Crippen molar-refractivity contribution in [3.8, 4) is 0 Å². The van der Waals surface area contributed by atoms with E-state index in [0.29, 0.717) is 11.3 Å². The molecule has 3 aromatic rings. The number of rotatable bonds is 3. The molecule has 2 aromatic heterocycles. The molecule has 1 unspecified atom stereocenters. The van der Waals surface area contributed by atoms with Gasteiger partial charge in [-0.2, -0.15) is 5.10 Å². The molecule has 1 atom stereocenters. The molecule has 0 aliphatic carbocycles. The normalized spacial score (nSPS) is 12.7. The number of aromatic carboxylic acids is 1. The van der Waals surface area contributed by atoms with Crippen LogP contribution in [-0.2, 0) is 0 Å². The van der Waals surface area contributed by atoms with Crippen LogP contribution in [0.25, 0.3) is 11.0 Å². The van der Waals surface area contributed by atoms with Crippen LogP contribution >= 0.6 is 0 Å². The third kappa shape index (κ3) is 1.95. The van der Waals surface area contributed by atoms with Gasteiger partial charge in [0.15, 0.2) is 0 Å². The van der Waals surface area contributed by atoms with Gasteiger partial charge in [0.1, 0.15) is 24.5 Å². The van der Waals surface area contributed by atoms with E-state index in [1.807, 2.05) is 6.92 Å². The molecule has 0 aliphatic rings. The number of fused-ring (bicyclic) bond motifs is 1. The number of H-pyrrole nitrogens is 1. The molecular weight excluding hydrogens is 246 g/mol. The first-order valence-electron chi connectivity index (χ1n) is 5.72. The van der Waals surface area contributed by atoms with Crippen LogP contribution in [0.2, 0.25) is 0 Å². The van der Waals surface area contributed by atoms with Gasteiger partial charge in [-0.05, 0) is 25.1 Å². The molecule has 0 bridgehead atoms. The maximum atomic E-state index is 10.9. The number of nitrogens with one attached hydrogen (secondary N) is 1. The highest BCUT2D eigenvalue weighted by atomic mass is 16.4. The SMILES string of the molecule is CC(c1nc2ccc(C(=O)O)cc2[nH]1)n1cncn1. The van der Waals surface area contributed by atoms with Crippen molar-refractivity contribution in [2.75, 3.05) is 0 Å². The number of aromatic nitrogens is 5. The molecular formula is C12H11N5O2.